The molecule has 22 heavy (non-hydrogen) atoms. The van der Waals surface area contributed by atoms with Crippen LogP contribution in [0.1, 0.15) is 42.3 Å². The van der Waals surface area contributed by atoms with Crippen molar-refractivity contribution in [3.63, 3.8) is 0 Å². The fourth-order valence-electron chi connectivity index (χ4n) is 2.24. The van der Waals surface area contributed by atoms with E-state index in [2.05, 4.69) is 0 Å². The normalized spacial score (nSPS) is 13.7. The number of amides is 1. The van der Waals surface area contributed by atoms with Gasteiger partial charge in [-0.15, -0.1) is 0 Å². The third-order valence-electron chi connectivity index (χ3n) is 3.16. The molecule has 0 saturated heterocycles. The van der Waals surface area contributed by atoms with Crippen LogP contribution in [-0.2, 0) is 22.6 Å². The van der Waals surface area contributed by atoms with Gasteiger partial charge in [-0.1, -0.05) is 0 Å². The highest BCUT2D eigenvalue weighted by molar-refractivity contribution is 6.40. The second kappa shape index (κ2) is 5.40. The van der Waals surface area contributed by atoms with Gasteiger partial charge in [-0.25, -0.2) is 14.0 Å². The molecule has 118 valence electrons. The van der Waals surface area contributed by atoms with Gasteiger partial charge in [-0.2, -0.15) is 0 Å². The van der Waals surface area contributed by atoms with E-state index in [4.69, 9.17) is 9.84 Å². The number of rotatable bonds is 2. The first-order chi connectivity index (χ1) is 10.1. The van der Waals surface area contributed by atoms with E-state index in [1.54, 1.807) is 20.8 Å². The minimum atomic E-state index is -1.62. The van der Waals surface area contributed by atoms with Crippen molar-refractivity contribution < 1.29 is 28.6 Å². The van der Waals surface area contributed by atoms with Gasteiger partial charge in [0.2, 0.25) is 0 Å². The van der Waals surface area contributed by atoms with Crippen molar-refractivity contribution >= 4 is 17.8 Å². The molecule has 0 fully saturated rings. The third kappa shape index (κ3) is 3.08. The number of hydrogen-bond acceptors (Lipinski definition) is 4. The number of fused-ring (bicyclic) bond motifs is 1. The molecule has 1 aliphatic heterocycles. The highest BCUT2D eigenvalue weighted by Crippen LogP contribution is 2.30. The summed E-state index contributed by atoms with van der Waals surface area (Å²) in [5, 5.41) is 8.82. The molecule has 0 aliphatic carbocycles. The zero-order valence-electron chi connectivity index (χ0n) is 12.5. The standard InChI is InChI=1S/C15H16FNO5/c1-15(2,3)22-14(21)17-6-9-8(12(18)13(19)20)4-5-11(16)10(9)7-17/h4-5H,6-7H2,1-3H3,(H,19,20). The molecule has 0 radical (unpaired) electrons. The molecule has 1 heterocycles. The van der Waals surface area contributed by atoms with E-state index in [1.807, 2.05) is 0 Å². The molecule has 0 spiro atoms. The van der Waals surface area contributed by atoms with Crippen LogP contribution in [0.25, 0.3) is 0 Å². The zero-order chi connectivity index (χ0) is 16.7. The highest BCUT2D eigenvalue weighted by Gasteiger charge is 2.33. The van der Waals surface area contributed by atoms with E-state index in [0.29, 0.717) is 0 Å². The maximum absolute atomic E-state index is 13.9. The Morgan fingerprint density at radius 2 is 1.77 bits per heavy atom. The van der Waals surface area contributed by atoms with Gasteiger partial charge in [-0.3, -0.25) is 9.69 Å². The van der Waals surface area contributed by atoms with Crippen LogP contribution in [0.5, 0.6) is 0 Å². The Kier molecular flexibility index (Phi) is 3.91. The number of hydrogen-bond donors (Lipinski definition) is 1. The Bertz CT molecular complexity index is 663. The molecule has 0 unspecified atom stereocenters. The lowest BCUT2D eigenvalue weighted by atomic mass is 10.00. The average Bonchev–Trinajstić information content (AvgIpc) is 2.82. The van der Waals surface area contributed by atoms with Crippen LogP contribution in [0, 0.1) is 5.82 Å². The number of carbonyl (C=O) groups is 3. The summed E-state index contributed by atoms with van der Waals surface area (Å²) in [6.07, 6.45) is -0.642. The largest absolute Gasteiger partial charge is 0.475 e. The van der Waals surface area contributed by atoms with Gasteiger partial charge >= 0.3 is 12.1 Å². The van der Waals surface area contributed by atoms with E-state index in [1.165, 1.54) is 4.90 Å². The molecular weight excluding hydrogens is 293 g/mol. The van der Waals surface area contributed by atoms with Crippen molar-refractivity contribution in [1.29, 1.82) is 0 Å². The van der Waals surface area contributed by atoms with Crippen LogP contribution in [0.2, 0.25) is 0 Å². The van der Waals surface area contributed by atoms with Gasteiger partial charge in [-0.05, 0) is 38.5 Å². The molecule has 0 saturated carbocycles. The Labute approximate surface area is 126 Å². The first-order valence-corrected chi connectivity index (χ1v) is 6.66. The second-order valence-corrected chi connectivity index (χ2v) is 6.02. The molecule has 7 heteroatoms. The van der Waals surface area contributed by atoms with Crippen LogP contribution in [-0.4, -0.2) is 33.5 Å². The van der Waals surface area contributed by atoms with E-state index < -0.39 is 29.3 Å². The highest BCUT2D eigenvalue weighted by atomic mass is 19.1. The number of nitrogens with zero attached hydrogens (tertiary/aromatic N) is 1. The van der Waals surface area contributed by atoms with Crippen molar-refractivity contribution in [2.24, 2.45) is 0 Å². The molecule has 1 N–H and O–H groups in total. The molecule has 1 aromatic rings. The predicted molar refractivity (Wildman–Crippen MR) is 73.8 cm³/mol. The molecule has 0 atom stereocenters. The summed E-state index contributed by atoms with van der Waals surface area (Å²) >= 11 is 0. The number of carbonyl (C=O) groups excluding carboxylic acids is 2. The third-order valence-corrected chi connectivity index (χ3v) is 3.16. The summed E-state index contributed by atoms with van der Waals surface area (Å²) in [7, 11) is 0. The molecule has 0 bridgehead atoms. The molecule has 2 rings (SSSR count). The number of Topliss-reactive ketones (excluding diaryl/α,β-unsaturated/α-hetero) is 1. The van der Waals surface area contributed by atoms with Crippen LogP contribution in [0.4, 0.5) is 9.18 Å². The average molecular weight is 309 g/mol. The van der Waals surface area contributed by atoms with Crippen LogP contribution in [0.3, 0.4) is 0 Å². The van der Waals surface area contributed by atoms with Crippen LogP contribution < -0.4 is 0 Å². The van der Waals surface area contributed by atoms with E-state index in [-0.39, 0.29) is 29.8 Å². The number of carboxylic acid groups (broad SMARTS) is 1. The summed E-state index contributed by atoms with van der Waals surface area (Å²) in [6.45, 7) is 4.99. The van der Waals surface area contributed by atoms with Gasteiger partial charge in [0.1, 0.15) is 11.4 Å². The number of ketones is 1. The van der Waals surface area contributed by atoms with Crippen LogP contribution >= 0.6 is 0 Å². The fourth-order valence-corrected chi connectivity index (χ4v) is 2.24. The van der Waals surface area contributed by atoms with E-state index in [9.17, 15) is 18.8 Å². The summed E-state index contributed by atoms with van der Waals surface area (Å²) in [5.74, 6) is -3.32. The van der Waals surface area contributed by atoms with Crippen LogP contribution in [0.15, 0.2) is 12.1 Å². The lowest BCUT2D eigenvalue weighted by Gasteiger charge is -2.24. The monoisotopic (exact) mass is 309 g/mol. The molecule has 1 aliphatic rings. The maximum Gasteiger partial charge on any atom is 0.410 e. The Hall–Kier alpha value is -2.44. The van der Waals surface area contributed by atoms with Crippen molar-refractivity contribution in [3.05, 3.63) is 34.6 Å². The van der Waals surface area contributed by atoms with Crippen molar-refractivity contribution in [1.82, 2.24) is 4.90 Å². The zero-order valence-corrected chi connectivity index (χ0v) is 12.5. The molecule has 0 aromatic heterocycles. The summed E-state index contributed by atoms with van der Waals surface area (Å²) in [5.41, 5.74) is -0.435. The van der Waals surface area contributed by atoms with Crippen molar-refractivity contribution in [2.75, 3.05) is 0 Å². The second-order valence-electron chi connectivity index (χ2n) is 6.02. The fraction of sp³-hybridized carbons (Fsp3) is 0.400. The van der Waals surface area contributed by atoms with Gasteiger partial charge in [0.05, 0.1) is 13.1 Å². The molecular formula is C15H16FNO5. The van der Waals surface area contributed by atoms with Gasteiger partial charge < -0.3 is 9.84 Å². The number of halogens is 1. The Morgan fingerprint density at radius 3 is 2.32 bits per heavy atom. The smallest absolute Gasteiger partial charge is 0.410 e. The SMILES string of the molecule is CC(C)(C)OC(=O)N1Cc2c(F)ccc(C(=O)C(=O)O)c2C1. The first-order valence-electron chi connectivity index (χ1n) is 6.66. The van der Waals surface area contributed by atoms with Gasteiger partial charge in [0, 0.05) is 11.1 Å². The van der Waals surface area contributed by atoms with Gasteiger partial charge in [0.15, 0.2) is 0 Å². The number of aliphatic carboxylic acids is 1. The molecule has 6 nitrogen and oxygen atoms in total. The van der Waals surface area contributed by atoms with Crippen molar-refractivity contribution in [2.45, 2.75) is 39.5 Å². The summed E-state index contributed by atoms with van der Waals surface area (Å²) in [4.78, 5) is 35.8. The maximum atomic E-state index is 13.9. The Morgan fingerprint density at radius 1 is 1.18 bits per heavy atom. The lowest BCUT2D eigenvalue weighted by molar-refractivity contribution is -0.131. The quantitative estimate of drug-likeness (QED) is 0.669. The minimum Gasteiger partial charge on any atom is -0.475 e. The van der Waals surface area contributed by atoms with E-state index in [0.717, 1.165) is 12.1 Å². The number of ether oxygens (including phenoxy) is 1. The minimum absolute atomic E-state index is 0.0587. The lowest BCUT2D eigenvalue weighted by Crippen LogP contribution is -2.33. The topological polar surface area (TPSA) is 83.9 Å². The van der Waals surface area contributed by atoms with E-state index >= 15 is 0 Å². The molecule has 1 amide bonds. The number of carboxylic acids is 1. The van der Waals surface area contributed by atoms with Crippen molar-refractivity contribution in [3.8, 4) is 0 Å². The first kappa shape index (κ1) is 15.9. The predicted octanol–water partition coefficient (Wildman–Crippen LogP) is 2.34. The molecule has 1 aromatic carbocycles. The van der Waals surface area contributed by atoms with Gasteiger partial charge in [0.25, 0.3) is 5.78 Å². The summed E-state index contributed by atoms with van der Waals surface area (Å²) < 4.78 is 19.1. The Balaban J connectivity index is 2.32. The number of benzene rings is 1. The summed E-state index contributed by atoms with van der Waals surface area (Å²) in [6, 6.07) is 2.16.